The number of isocyanates is 2. The van der Waals surface area contributed by atoms with E-state index in [-0.39, 0.29) is 0 Å². The van der Waals surface area contributed by atoms with Gasteiger partial charge < -0.3 is 0 Å². The van der Waals surface area contributed by atoms with Crippen LogP contribution in [0.2, 0.25) is 0 Å². The first-order valence-electron chi connectivity index (χ1n) is 4.23. The van der Waals surface area contributed by atoms with Crippen molar-refractivity contribution in [1.29, 1.82) is 0 Å². The molecule has 0 aliphatic heterocycles. The maximum Gasteiger partial charge on any atom is 0.237 e. The van der Waals surface area contributed by atoms with Crippen LogP contribution in [-0.2, 0) is 9.59 Å². The van der Waals surface area contributed by atoms with E-state index in [1.807, 2.05) is 0 Å². The van der Waals surface area contributed by atoms with Crippen LogP contribution >= 0.6 is 11.6 Å². The molecule has 0 aromatic rings. The summed E-state index contributed by atoms with van der Waals surface area (Å²) in [6, 6.07) is 0. The minimum atomic E-state index is -1.19. The van der Waals surface area contributed by atoms with Crippen molar-refractivity contribution in [3.8, 4) is 0 Å². The van der Waals surface area contributed by atoms with Crippen molar-refractivity contribution >= 4 is 23.8 Å². The van der Waals surface area contributed by atoms with E-state index in [0.717, 1.165) is 0 Å². The fraction of sp³-hybridized carbons (Fsp3) is 0.400. The van der Waals surface area contributed by atoms with Crippen LogP contribution in [0.5, 0.6) is 0 Å². The molecule has 1 aliphatic carbocycles. The van der Waals surface area contributed by atoms with Crippen LogP contribution < -0.4 is 0 Å². The molecule has 0 fully saturated rings. The second-order valence-electron chi connectivity index (χ2n) is 3.47. The summed E-state index contributed by atoms with van der Waals surface area (Å²) in [7, 11) is 0. The zero-order valence-corrected chi connectivity index (χ0v) is 9.08. The molecule has 2 unspecified atom stereocenters. The van der Waals surface area contributed by atoms with E-state index < -0.39 is 10.5 Å². The minimum absolute atomic E-state index is 0.622. The van der Waals surface area contributed by atoms with Crippen LogP contribution in [-0.4, -0.2) is 22.7 Å². The molecular formula is C10H9ClN2O2. The third kappa shape index (κ3) is 2.31. The molecule has 0 saturated carbocycles. The predicted octanol–water partition coefficient (Wildman–Crippen LogP) is 1.87. The van der Waals surface area contributed by atoms with Crippen LogP contribution in [0.4, 0.5) is 0 Å². The Kier molecular flexibility index (Phi) is 3.06. The zero-order chi connectivity index (χ0) is 11.5. The molecule has 2 atom stereocenters. The average molecular weight is 225 g/mol. The molecule has 15 heavy (non-hydrogen) atoms. The fourth-order valence-corrected chi connectivity index (χ4v) is 1.51. The van der Waals surface area contributed by atoms with Crippen LogP contribution in [0.3, 0.4) is 0 Å². The van der Waals surface area contributed by atoms with Crippen molar-refractivity contribution in [2.45, 2.75) is 24.4 Å². The number of carbonyl (C=O) groups excluding carboxylic acids is 2. The van der Waals surface area contributed by atoms with E-state index >= 15 is 0 Å². The zero-order valence-electron chi connectivity index (χ0n) is 8.32. The van der Waals surface area contributed by atoms with Crippen molar-refractivity contribution in [1.82, 2.24) is 0 Å². The summed E-state index contributed by atoms with van der Waals surface area (Å²) in [6.45, 7) is 3.43. The third-order valence-corrected chi connectivity index (χ3v) is 2.71. The number of alkyl halides is 1. The van der Waals surface area contributed by atoms with Gasteiger partial charge in [-0.25, -0.2) is 9.59 Å². The van der Waals surface area contributed by atoms with Gasteiger partial charge in [-0.1, -0.05) is 17.7 Å². The third-order valence-electron chi connectivity index (χ3n) is 2.20. The van der Waals surface area contributed by atoms with Gasteiger partial charge in [0.2, 0.25) is 12.2 Å². The van der Waals surface area contributed by atoms with Crippen LogP contribution in [0.15, 0.2) is 33.8 Å². The lowest BCUT2D eigenvalue weighted by Gasteiger charge is -2.27. The molecule has 1 rings (SSSR count). The molecule has 1 aliphatic rings. The summed E-state index contributed by atoms with van der Waals surface area (Å²) in [5.41, 5.74) is -0.140. The van der Waals surface area contributed by atoms with Crippen molar-refractivity contribution in [3.05, 3.63) is 23.8 Å². The van der Waals surface area contributed by atoms with Crippen molar-refractivity contribution in [2.24, 2.45) is 9.98 Å². The highest BCUT2D eigenvalue weighted by Gasteiger charge is 2.33. The maximum absolute atomic E-state index is 10.2. The van der Waals surface area contributed by atoms with Crippen molar-refractivity contribution in [2.75, 3.05) is 0 Å². The van der Waals surface area contributed by atoms with E-state index in [4.69, 9.17) is 11.6 Å². The maximum atomic E-state index is 10.2. The Labute approximate surface area is 92.1 Å². The first-order chi connectivity index (χ1) is 6.96. The first kappa shape index (κ1) is 11.6. The topological polar surface area (TPSA) is 58.9 Å². The van der Waals surface area contributed by atoms with E-state index in [9.17, 15) is 9.59 Å². The van der Waals surface area contributed by atoms with Gasteiger partial charge >= 0.3 is 0 Å². The second-order valence-corrected chi connectivity index (χ2v) is 4.04. The summed E-state index contributed by atoms with van der Waals surface area (Å²) in [5.74, 6) is 0. The van der Waals surface area contributed by atoms with E-state index in [2.05, 4.69) is 9.98 Å². The Bertz CT molecular complexity index is 431. The lowest BCUT2D eigenvalue weighted by atomic mass is 9.90. The van der Waals surface area contributed by atoms with Gasteiger partial charge in [0.05, 0.1) is 0 Å². The van der Waals surface area contributed by atoms with Gasteiger partial charge in [0.25, 0.3) is 0 Å². The highest BCUT2D eigenvalue weighted by atomic mass is 35.5. The number of halogens is 1. The van der Waals surface area contributed by atoms with Crippen LogP contribution in [0, 0.1) is 0 Å². The molecule has 5 heteroatoms. The molecule has 0 radical (unpaired) electrons. The number of nitrogens with zero attached hydrogens (tertiary/aromatic N) is 2. The Morgan fingerprint density at radius 2 is 1.87 bits per heavy atom. The quantitative estimate of drug-likeness (QED) is 0.236. The smallest absolute Gasteiger partial charge is 0.211 e. The molecule has 0 aromatic carbocycles. The summed E-state index contributed by atoms with van der Waals surface area (Å²) < 4.78 is 0. The standard InChI is InChI=1S/C10H9ClN2O2/c1-8-5-9(2,12-6-14)3-4-10(8,11)13-7-15/h3-5H,1-2H3. The normalized spacial score (nSPS) is 33.7. The van der Waals surface area contributed by atoms with Gasteiger partial charge in [-0.15, -0.1) is 0 Å². The summed E-state index contributed by atoms with van der Waals surface area (Å²) in [4.78, 5) is 26.3. The van der Waals surface area contributed by atoms with Gasteiger partial charge in [-0.3, -0.25) is 0 Å². The number of hydrogen-bond donors (Lipinski definition) is 0. The van der Waals surface area contributed by atoms with Crippen LogP contribution in [0.1, 0.15) is 13.8 Å². The summed E-state index contributed by atoms with van der Waals surface area (Å²) >= 11 is 6.03. The highest BCUT2D eigenvalue weighted by molar-refractivity contribution is 6.27. The van der Waals surface area contributed by atoms with E-state index in [1.165, 1.54) is 18.2 Å². The monoisotopic (exact) mass is 224 g/mol. The lowest BCUT2D eigenvalue weighted by Crippen LogP contribution is -2.28. The molecule has 0 bridgehead atoms. The molecule has 0 spiro atoms. The minimum Gasteiger partial charge on any atom is -0.211 e. The number of aliphatic imine (C=N–C) groups is 2. The van der Waals surface area contributed by atoms with Gasteiger partial charge in [-0.2, -0.15) is 9.98 Å². The molecule has 4 nitrogen and oxygen atoms in total. The first-order valence-corrected chi connectivity index (χ1v) is 4.61. The van der Waals surface area contributed by atoms with Crippen molar-refractivity contribution in [3.63, 3.8) is 0 Å². The Morgan fingerprint density at radius 3 is 2.33 bits per heavy atom. The molecule has 0 saturated heterocycles. The van der Waals surface area contributed by atoms with Crippen LogP contribution in [0.25, 0.3) is 0 Å². The van der Waals surface area contributed by atoms with Gasteiger partial charge in [0.1, 0.15) is 5.54 Å². The molecule has 0 aromatic heterocycles. The SMILES string of the molecule is CC1=CC(C)(N=C=O)C=CC1(Cl)N=C=O. The van der Waals surface area contributed by atoms with Gasteiger partial charge in [-0.05, 0) is 31.6 Å². The fourth-order valence-electron chi connectivity index (χ4n) is 1.36. The molecule has 78 valence electrons. The summed E-state index contributed by atoms with van der Waals surface area (Å²) in [6.07, 6.45) is 7.66. The predicted molar refractivity (Wildman–Crippen MR) is 56.1 cm³/mol. The van der Waals surface area contributed by atoms with Crippen molar-refractivity contribution < 1.29 is 9.59 Å². The Balaban J connectivity index is 3.18. The van der Waals surface area contributed by atoms with Gasteiger partial charge in [0.15, 0.2) is 5.00 Å². The van der Waals surface area contributed by atoms with E-state index in [1.54, 1.807) is 26.0 Å². The molecule has 0 N–H and O–H groups in total. The molecular weight excluding hydrogens is 216 g/mol. The number of rotatable bonds is 2. The number of hydrogen-bond acceptors (Lipinski definition) is 4. The molecule has 0 heterocycles. The second kappa shape index (κ2) is 3.95. The summed E-state index contributed by atoms with van der Waals surface area (Å²) in [5, 5.41) is 0. The molecule has 0 amide bonds. The lowest BCUT2D eigenvalue weighted by molar-refractivity contribution is 0.552. The highest BCUT2D eigenvalue weighted by Crippen LogP contribution is 2.35. The Morgan fingerprint density at radius 1 is 1.27 bits per heavy atom. The Hall–Kier alpha value is -1.47. The van der Waals surface area contributed by atoms with Gasteiger partial charge in [0, 0.05) is 0 Å². The van der Waals surface area contributed by atoms with E-state index in [0.29, 0.717) is 5.57 Å². The largest absolute Gasteiger partial charge is 0.237 e. The average Bonchev–Trinajstić information content (AvgIpc) is 2.14.